The molecule has 8 heteroatoms. The number of nitrogens with one attached hydrogen (secondary N) is 1. The van der Waals surface area contributed by atoms with Crippen LogP contribution in [0.2, 0.25) is 0 Å². The van der Waals surface area contributed by atoms with Gasteiger partial charge in [0.1, 0.15) is 0 Å². The van der Waals surface area contributed by atoms with E-state index in [0.717, 1.165) is 16.9 Å². The summed E-state index contributed by atoms with van der Waals surface area (Å²) in [4.78, 5) is 17.4. The van der Waals surface area contributed by atoms with E-state index in [-0.39, 0.29) is 5.78 Å². The first-order valence-corrected chi connectivity index (χ1v) is 14.1. The smallest absolute Gasteiger partial charge is 0.217 e. The number of anilines is 1. The molecule has 0 radical (unpaired) electrons. The molecule has 0 bridgehead atoms. The first-order valence-electron chi connectivity index (χ1n) is 10.7. The number of hydrogen-bond donors (Lipinski definition) is 1. The van der Waals surface area contributed by atoms with Gasteiger partial charge in [0.2, 0.25) is 7.29 Å². The number of Topliss-reactive ketones (excluding diaryl/α,β-unsaturated/α-hetero) is 1. The predicted molar refractivity (Wildman–Crippen MR) is 149 cm³/mol. The van der Waals surface area contributed by atoms with Gasteiger partial charge in [0.15, 0.2) is 10.9 Å². The van der Waals surface area contributed by atoms with Crippen molar-refractivity contribution in [2.24, 2.45) is 0 Å². The molecule has 176 valence electrons. The topological polar surface area (TPSA) is 59.1 Å². The van der Waals surface area contributed by atoms with Crippen LogP contribution in [0, 0.1) is 0 Å². The molecule has 0 saturated heterocycles. The molecule has 0 spiro atoms. The van der Waals surface area contributed by atoms with Crippen LogP contribution in [0.5, 0.6) is 0 Å². The molecular weight excluding hydrogens is 518 g/mol. The summed E-state index contributed by atoms with van der Waals surface area (Å²) in [5, 5.41) is 3.98. The van der Waals surface area contributed by atoms with Crippen LogP contribution in [-0.2, 0) is 4.57 Å². The number of carbonyl (C=O) groups is 1. The summed E-state index contributed by atoms with van der Waals surface area (Å²) in [7, 11) is -3.51. The van der Waals surface area contributed by atoms with E-state index in [4.69, 9.17) is 23.2 Å². The summed E-state index contributed by atoms with van der Waals surface area (Å²) in [6, 6.07) is 27.9. The van der Waals surface area contributed by atoms with Crippen LogP contribution >= 0.6 is 41.8 Å². The lowest BCUT2D eigenvalue weighted by atomic mass is 10.1. The highest BCUT2D eigenvalue weighted by Gasteiger charge is 2.24. The van der Waals surface area contributed by atoms with Gasteiger partial charge in [-0.2, -0.15) is 0 Å². The summed E-state index contributed by atoms with van der Waals surface area (Å²) < 4.78 is 14.2. The lowest BCUT2D eigenvalue weighted by Crippen LogP contribution is -1.94. The molecule has 0 aliphatic carbocycles. The molecule has 4 rings (SSSR count). The van der Waals surface area contributed by atoms with Crippen molar-refractivity contribution in [2.45, 2.75) is 6.92 Å². The molecule has 0 aliphatic rings. The number of rotatable bonds is 8. The van der Waals surface area contributed by atoms with E-state index >= 15 is 0 Å². The van der Waals surface area contributed by atoms with Crippen molar-refractivity contribution >= 4 is 62.8 Å². The van der Waals surface area contributed by atoms with Crippen molar-refractivity contribution in [3.63, 3.8) is 0 Å². The minimum absolute atomic E-state index is 0.125. The molecule has 4 nitrogen and oxygen atoms in total. The number of carbonyl (C=O) groups excluding carboxylic acids is 1. The molecule has 0 saturated carbocycles. The fourth-order valence-electron chi connectivity index (χ4n) is 3.33. The lowest BCUT2D eigenvalue weighted by Gasteiger charge is -2.13. The Morgan fingerprint density at radius 2 is 1.29 bits per heavy atom. The highest BCUT2D eigenvalue weighted by molar-refractivity contribution is 7.72. The van der Waals surface area contributed by atoms with Gasteiger partial charge in [0.25, 0.3) is 0 Å². The molecule has 1 aromatic heterocycles. The van der Waals surface area contributed by atoms with Crippen LogP contribution in [0.4, 0.5) is 5.13 Å². The van der Waals surface area contributed by atoms with Gasteiger partial charge in [-0.15, -0.1) is 0 Å². The Labute approximate surface area is 218 Å². The first-order chi connectivity index (χ1) is 16.8. The molecule has 0 fully saturated rings. The van der Waals surface area contributed by atoms with Gasteiger partial charge < -0.3 is 5.09 Å². The van der Waals surface area contributed by atoms with E-state index in [0.29, 0.717) is 36.9 Å². The van der Waals surface area contributed by atoms with Gasteiger partial charge >= 0.3 is 0 Å². The van der Waals surface area contributed by atoms with Gasteiger partial charge in [-0.25, -0.2) is 4.98 Å². The van der Waals surface area contributed by atoms with Crippen LogP contribution in [0.25, 0.3) is 21.3 Å². The number of ketones is 1. The standard InChI is InChI=1S/C27H21Cl2N2O2PS/c1-19(32)26-25(22-15-9-4-10-16-22)30-27(35-26)31-34(33,17-23(28)20-11-5-2-6-12-20)18-24(29)21-13-7-3-8-14-21/h2-18H,1H3,(H,30,31,33)/b23-17-,24-18+. The molecule has 0 amide bonds. The van der Waals surface area contributed by atoms with E-state index < -0.39 is 7.29 Å². The third-order valence-corrected chi connectivity index (χ3v) is 9.00. The van der Waals surface area contributed by atoms with Crippen molar-refractivity contribution in [1.82, 2.24) is 4.98 Å². The minimum atomic E-state index is -3.51. The maximum absolute atomic E-state index is 14.2. The van der Waals surface area contributed by atoms with E-state index in [1.54, 1.807) is 0 Å². The normalized spacial score (nSPS) is 13.8. The monoisotopic (exact) mass is 538 g/mol. The summed E-state index contributed by atoms with van der Waals surface area (Å²) in [5.41, 5.74) is 2.77. The SMILES string of the molecule is CC(=O)c1sc(NP(=O)(/C=C(\Cl)c2ccccc2)/C=C(/Cl)c2ccccc2)nc1-c1ccccc1. The second-order valence-corrected chi connectivity index (χ2v) is 11.6. The van der Waals surface area contributed by atoms with Gasteiger partial charge in [0, 0.05) is 24.1 Å². The molecule has 1 unspecified atom stereocenters. The number of thiazole rings is 1. The van der Waals surface area contributed by atoms with Gasteiger partial charge in [-0.1, -0.05) is 126 Å². The Balaban J connectivity index is 1.79. The lowest BCUT2D eigenvalue weighted by molar-refractivity contribution is 0.102. The number of benzene rings is 3. The summed E-state index contributed by atoms with van der Waals surface area (Å²) in [6.07, 6.45) is 0. The van der Waals surface area contributed by atoms with Crippen molar-refractivity contribution in [2.75, 3.05) is 5.09 Å². The van der Waals surface area contributed by atoms with Crippen molar-refractivity contribution in [3.8, 4) is 11.3 Å². The molecule has 35 heavy (non-hydrogen) atoms. The molecule has 1 N–H and O–H groups in total. The third-order valence-electron chi connectivity index (χ3n) is 4.97. The van der Waals surface area contributed by atoms with Crippen LogP contribution < -0.4 is 5.09 Å². The summed E-state index contributed by atoms with van der Waals surface area (Å²) in [6.45, 7) is 1.49. The zero-order chi connectivity index (χ0) is 24.8. The zero-order valence-electron chi connectivity index (χ0n) is 18.7. The molecule has 0 aliphatic heterocycles. The van der Waals surface area contributed by atoms with E-state index in [1.807, 2.05) is 91.0 Å². The summed E-state index contributed by atoms with van der Waals surface area (Å²) >= 11 is 14.3. The van der Waals surface area contributed by atoms with Crippen LogP contribution in [-0.4, -0.2) is 10.8 Å². The van der Waals surface area contributed by atoms with Crippen LogP contribution in [0.15, 0.2) is 103 Å². The van der Waals surface area contributed by atoms with Crippen molar-refractivity contribution < 1.29 is 9.36 Å². The Bertz CT molecular complexity index is 1380. The van der Waals surface area contributed by atoms with E-state index in [1.165, 1.54) is 18.6 Å². The highest BCUT2D eigenvalue weighted by Crippen LogP contribution is 2.54. The van der Waals surface area contributed by atoms with E-state index in [9.17, 15) is 9.36 Å². The largest absolute Gasteiger partial charge is 0.306 e. The molecule has 1 atom stereocenters. The maximum atomic E-state index is 14.2. The van der Waals surface area contributed by atoms with Gasteiger partial charge in [-0.3, -0.25) is 9.36 Å². The molecule has 4 aromatic rings. The van der Waals surface area contributed by atoms with Crippen LogP contribution in [0.3, 0.4) is 0 Å². The first kappa shape index (κ1) is 25.2. The predicted octanol–water partition coefficient (Wildman–Crippen LogP) is 9.18. The minimum Gasteiger partial charge on any atom is -0.306 e. The Morgan fingerprint density at radius 3 is 1.74 bits per heavy atom. The number of aromatic nitrogens is 1. The van der Waals surface area contributed by atoms with Crippen LogP contribution in [0.1, 0.15) is 27.7 Å². The number of hydrogen-bond acceptors (Lipinski definition) is 4. The maximum Gasteiger partial charge on any atom is 0.217 e. The number of nitrogens with zero attached hydrogens (tertiary/aromatic N) is 1. The fourth-order valence-corrected chi connectivity index (χ4v) is 7.32. The Morgan fingerprint density at radius 1 is 0.829 bits per heavy atom. The van der Waals surface area contributed by atoms with Gasteiger partial charge in [0.05, 0.1) is 20.6 Å². The average Bonchev–Trinajstić information content (AvgIpc) is 3.29. The third kappa shape index (κ3) is 6.39. The summed E-state index contributed by atoms with van der Waals surface area (Å²) in [5.74, 6) is 2.80. The average molecular weight is 539 g/mol. The second-order valence-electron chi connectivity index (χ2n) is 7.63. The van der Waals surface area contributed by atoms with Crippen molar-refractivity contribution in [1.29, 1.82) is 0 Å². The number of halogens is 2. The Kier molecular flexibility index (Phi) is 8.04. The molecule has 1 heterocycles. The van der Waals surface area contributed by atoms with Crippen molar-refractivity contribution in [3.05, 3.63) is 119 Å². The Hall–Kier alpha value is -2.95. The fraction of sp³-hybridized carbons (Fsp3) is 0.0370. The zero-order valence-corrected chi connectivity index (χ0v) is 21.9. The van der Waals surface area contributed by atoms with Gasteiger partial charge in [-0.05, 0) is 11.1 Å². The quantitative estimate of drug-likeness (QED) is 0.179. The molecular formula is C27H21Cl2N2O2PS. The second kappa shape index (κ2) is 11.2. The van der Waals surface area contributed by atoms with E-state index in [2.05, 4.69) is 10.1 Å². The highest BCUT2D eigenvalue weighted by atomic mass is 35.5. The molecule has 3 aromatic carbocycles.